The second-order valence-corrected chi connectivity index (χ2v) is 4.84. The lowest BCUT2D eigenvalue weighted by molar-refractivity contribution is 0.127. The minimum Gasteiger partial charge on any atom is -0.325 e. The highest BCUT2D eigenvalue weighted by Crippen LogP contribution is 2.30. The smallest absolute Gasteiger partial charge is 0.120 e. The van der Waals surface area contributed by atoms with Crippen LogP contribution >= 0.6 is 0 Å². The molecule has 2 heteroatoms. The molecule has 13 heavy (non-hydrogen) atoms. The molecule has 1 atom stereocenters. The zero-order valence-electron chi connectivity index (χ0n) is 8.85. The van der Waals surface area contributed by atoms with Crippen LogP contribution in [-0.2, 0) is 0 Å². The maximum Gasteiger partial charge on any atom is 0.120 e. The highest BCUT2D eigenvalue weighted by Gasteiger charge is 2.32. The molecule has 78 valence electrons. The van der Waals surface area contributed by atoms with Crippen LogP contribution in [-0.4, -0.2) is 11.7 Å². The van der Waals surface area contributed by atoms with Crippen LogP contribution in [0.1, 0.15) is 52.4 Å². The highest BCUT2D eigenvalue weighted by molar-refractivity contribution is 4.87. The van der Waals surface area contributed by atoms with Crippen LogP contribution in [0.5, 0.6) is 0 Å². The lowest BCUT2D eigenvalue weighted by atomic mass is 9.84. The molecule has 1 aliphatic carbocycles. The van der Waals surface area contributed by atoms with Crippen molar-refractivity contribution in [2.24, 2.45) is 11.7 Å². The Hall–Kier alpha value is -0.110. The lowest BCUT2D eigenvalue weighted by Gasteiger charge is -2.30. The van der Waals surface area contributed by atoms with Crippen LogP contribution in [0.3, 0.4) is 0 Å². The van der Waals surface area contributed by atoms with Crippen LogP contribution in [0, 0.1) is 5.92 Å². The number of hydrogen-bond donors (Lipinski definition) is 1. The van der Waals surface area contributed by atoms with E-state index in [1.54, 1.807) is 13.8 Å². The van der Waals surface area contributed by atoms with E-state index in [2.05, 4.69) is 0 Å². The van der Waals surface area contributed by atoms with Gasteiger partial charge in [0.2, 0.25) is 0 Å². The van der Waals surface area contributed by atoms with Crippen molar-refractivity contribution in [2.45, 2.75) is 64.1 Å². The van der Waals surface area contributed by atoms with Crippen molar-refractivity contribution in [1.29, 1.82) is 0 Å². The first-order chi connectivity index (χ1) is 6.02. The molecule has 0 saturated heterocycles. The molecule has 1 nitrogen and oxygen atoms in total. The zero-order chi connectivity index (χ0) is 9.90. The fourth-order valence-corrected chi connectivity index (χ4v) is 2.23. The topological polar surface area (TPSA) is 26.0 Å². The van der Waals surface area contributed by atoms with Crippen molar-refractivity contribution in [3.8, 4) is 0 Å². The van der Waals surface area contributed by atoms with E-state index in [1.807, 2.05) is 0 Å². The van der Waals surface area contributed by atoms with E-state index in [0.29, 0.717) is 5.92 Å². The maximum absolute atomic E-state index is 13.6. The van der Waals surface area contributed by atoms with Crippen molar-refractivity contribution in [1.82, 2.24) is 0 Å². The monoisotopic (exact) mass is 187 g/mol. The van der Waals surface area contributed by atoms with Crippen LogP contribution in [0.25, 0.3) is 0 Å². The van der Waals surface area contributed by atoms with Gasteiger partial charge >= 0.3 is 0 Å². The second kappa shape index (κ2) is 4.41. The Balaban J connectivity index is 2.48. The largest absolute Gasteiger partial charge is 0.325 e. The molecule has 0 bridgehead atoms. The molecule has 1 rings (SSSR count). The van der Waals surface area contributed by atoms with E-state index in [-0.39, 0.29) is 6.04 Å². The molecule has 0 aromatic heterocycles. The number of nitrogens with two attached hydrogens (primary N) is 1. The summed E-state index contributed by atoms with van der Waals surface area (Å²) in [6.07, 6.45) is 7.30. The molecule has 0 spiro atoms. The second-order valence-electron chi connectivity index (χ2n) is 4.84. The standard InChI is InChI=1S/C11H22FN/c1-11(2,12)10(13)9-7-5-3-4-6-8-9/h9-10H,3-8,13H2,1-2H3. The Morgan fingerprint density at radius 1 is 1.15 bits per heavy atom. The van der Waals surface area contributed by atoms with Crippen molar-refractivity contribution in [2.75, 3.05) is 0 Å². The third-order valence-corrected chi connectivity index (χ3v) is 3.20. The minimum atomic E-state index is -1.21. The van der Waals surface area contributed by atoms with Gasteiger partial charge in [-0.25, -0.2) is 4.39 Å². The molecule has 0 aromatic carbocycles. The molecule has 0 heterocycles. The molecule has 0 radical (unpaired) electrons. The van der Waals surface area contributed by atoms with Gasteiger partial charge in [-0.3, -0.25) is 0 Å². The first-order valence-electron chi connectivity index (χ1n) is 5.46. The highest BCUT2D eigenvalue weighted by atomic mass is 19.1. The normalized spacial score (nSPS) is 24.0. The molecule has 1 saturated carbocycles. The molecular formula is C11H22FN. The summed E-state index contributed by atoms with van der Waals surface area (Å²) in [5, 5.41) is 0. The van der Waals surface area contributed by atoms with Crippen LogP contribution in [0.15, 0.2) is 0 Å². The predicted octanol–water partition coefficient (Wildman–Crippen LogP) is 3.03. The quantitative estimate of drug-likeness (QED) is 0.661. The van der Waals surface area contributed by atoms with Gasteiger partial charge in [-0.1, -0.05) is 25.7 Å². The predicted molar refractivity (Wildman–Crippen MR) is 54.4 cm³/mol. The van der Waals surface area contributed by atoms with Gasteiger partial charge in [0.15, 0.2) is 0 Å². The summed E-state index contributed by atoms with van der Waals surface area (Å²) in [5.41, 5.74) is 4.71. The summed E-state index contributed by atoms with van der Waals surface area (Å²) in [6, 6.07) is -0.273. The molecule has 1 unspecified atom stereocenters. The van der Waals surface area contributed by atoms with E-state index in [1.165, 1.54) is 25.7 Å². The van der Waals surface area contributed by atoms with Gasteiger partial charge in [-0.15, -0.1) is 0 Å². The Morgan fingerprint density at radius 2 is 1.62 bits per heavy atom. The van der Waals surface area contributed by atoms with Gasteiger partial charge in [-0.05, 0) is 32.6 Å². The molecule has 1 fully saturated rings. The Bertz CT molecular complexity index is 143. The fraction of sp³-hybridized carbons (Fsp3) is 1.00. The van der Waals surface area contributed by atoms with Crippen molar-refractivity contribution >= 4 is 0 Å². The zero-order valence-corrected chi connectivity index (χ0v) is 8.85. The Morgan fingerprint density at radius 3 is 2.00 bits per heavy atom. The van der Waals surface area contributed by atoms with E-state index in [0.717, 1.165) is 12.8 Å². The van der Waals surface area contributed by atoms with Crippen molar-refractivity contribution < 1.29 is 4.39 Å². The van der Waals surface area contributed by atoms with Crippen LogP contribution < -0.4 is 5.73 Å². The molecule has 1 aliphatic rings. The summed E-state index contributed by atoms with van der Waals surface area (Å²) < 4.78 is 13.6. The number of halogens is 1. The Labute approximate surface area is 80.9 Å². The van der Waals surface area contributed by atoms with E-state index in [9.17, 15) is 4.39 Å². The first-order valence-corrected chi connectivity index (χ1v) is 5.46. The molecule has 0 aliphatic heterocycles. The number of rotatable bonds is 2. The lowest BCUT2D eigenvalue weighted by Crippen LogP contribution is -2.45. The van der Waals surface area contributed by atoms with Crippen molar-refractivity contribution in [3.63, 3.8) is 0 Å². The molecule has 0 amide bonds. The number of alkyl halides is 1. The van der Waals surface area contributed by atoms with Crippen molar-refractivity contribution in [3.05, 3.63) is 0 Å². The fourth-order valence-electron chi connectivity index (χ4n) is 2.23. The van der Waals surface area contributed by atoms with Gasteiger partial charge in [0.05, 0.1) is 0 Å². The summed E-state index contributed by atoms with van der Waals surface area (Å²) >= 11 is 0. The average Bonchev–Trinajstić information content (AvgIpc) is 2.28. The third-order valence-electron chi connectivity index (χ3n) is 3.20. The summed E-state index contributed by atoms with van der Waals surface area (Å²) in [4.78, 5) is 0. The summed E-state index contributed by atoms with van der Waals surface area (Å²) in [5.74, 6) is 0.405. The average molecular weight is 187 g/mol. The Kier molecular flexibility index (Phi) is 3.72. The molecule has 0 aromatic rings. The van der Waals surface area contributed by atoms with Gasteiger partial charge < -0.3 is 5.73 Å². The summed E-state index contributed by atoms with van der Waals surface area (Å²) in [6.45, 7) is 3.20. The van der Waals surface area contributed by atoms with Gasteiger partial charge in [0, 0.05) is 6.04 Å². The first kappa shape index (κ1) is 11.0. The molecular weight excluding hydrogens is 165 g/mol. The van der Waals surface area contributed by atoms with Gasteiger partial charge in [0.1, 0.15) is 5.67 Å². The summed E-state index contributed by atoms with van der Waals surface area (Å²) in [7, 11) is 0. The minimum absolute atomic E-state index is 0.273. The van der Waals surface area contributed by atoms with E-state index < -0.39 is 5.67 Å². The van der Waals surface area contributed by atoms with E-state index in [4.69, 9.17) is 5.73 Å². The van der Waals surface area contributed by atoms with Gasteiger partial charge in [0.25, 0.3) is 0 Å². The third kappa shape index (κ3) is 3.26. The van der Waals surface area contributed by atoms with Crippen LogP contribution in [0.2, 0.25) is 0 Å². The molecule has 2 N–H and O–H groups in total. The van der Waals surface area contributed by atoms with Gasteiger partial charge in [-0.2, -0.15) is 0 Å². The number of hydrogen-bond acceptors (Lipinski definition) is 1. The van der Waals surface area contributed by atoms with Crippen LogP contribution in [0.4, 0.5) is 4.39 Å². The van der Waals surface area contributed by atoms with E-state index >= 15 is 0 Å². The maximum atomic E-state index is 13.6. The SMILES string of the molecule is CC(C)(F)C(N)C1CCCCCC1.